The van der Waals surface area contributed by atoms with E-state index >= 15 is 0 Å². The minimum absolute atomic E-state index is 0.00837. The van der Waals surface area contributed by atoms with Gasteiger partial charge in [-0.05, 0) is 54.0 Å². The zero-order valence-electron chi connectivity index (χ0n) is 20.1. The normalized spacial score (nSPS) is 12.3. The lowest BCUT2D eigenvalue weighted by Crippen LogP contribution is -2.47. The van der Waals surface area contributed by atoms with Crippen LogP contribution >= 0.6 is 15.9 Å². The van der Waals surface area contributed by atoms with Crippen LogP contribution in [0.25, 0.3) is 0 Å². The Bertz CT molecular complexity index is 870. The average Bonchev–Trinajstić information content (AvgIpc) is 2.76. The fourth-order valence-electron chi connectivity index (χ4n) is 3.47. The van der Waals surface area contributed by atoms with Gasteiger partial charge in [0.05, 0.1) is 0 Å². The minimum Gasteiger partial charge on any atom is -0.354 e. The monoisotopic (exact) mass is 500 g/mol. The first-order valence-electron chi connectivity index (χ1n) is 11.5. The Morgan fingerprint density at radius 1 is 1.00 bits per heavy atom. The Kier molecular flexibility index (Phi) is 9.95. The van der Waals surface area contributed by atoms with Gasteiger partial charge < -0.3 is 10.2 Å². The van der Waals surface area contributed by atoms with Gasteiger partial charge in [-0.3, -0.25) is 9.59 Å². The highest BCUT2D eigenvalue weighted by Crippen LogP contribution is 2.23. The molecule has 0 bridgehead atoms. The van der Waals surface area contributed by atoms with Crippen LogP contribution in [-0.2, 0) is 28.0 Å². The van der Waals surface area contributed by atoms with Crippen LogP contribution in [0.15, 0.2) is 53.0 Å². The van der Waals surface area contributed by atoms with Crippen LogP contribution in [0.1, 0.15) is 70.6 Å². The van der Waals surface area contributed by atoms with Crippen LogP contribution in [0.3, 0.4) is 0 Å². The summed E-state index contributed by atoms with van der Waals surface area (Å²) in [5, 5.41) is 2.97. The van der Waals surface area contributed by atoms with E-state index in [2.05, 4.69) is 73.2 Å². The van der Waals surface area contributed by atoms with Gasteiger partial charge in [0.15, 0.2) is 0 Å². The van der Waals surface area contributed by atoms with Crippen LogP contribution in [0.5, 0.6) is 0 Å². The Morgan fingerprint density at radius 3 is 2.16 bits per heavy atom. The number of nitrogens with zero attached hydrogens (tertiary/aromatic N) is 1. The van der Waals surface area contributed by atoms with Crippen molar-refractivity contribution in [2.24, 2.45) is 0 Å². The number of carbonyl (C=O) groups excluding carboxylic acids is 2. The summed E-state index contributed by atoms with van der Waals surface area (Å²) in [5.41, 5.74) is 3.53. The zero-order chi connectivity index (χ0) is 23.7. The lowest BCUT2D eigenvalue weighted by atomic mass is 9.86. The molecule has 4 nitrogen and oxygen atoms in total. The second-order valence-corrected chi connectivity index (χ2v) is 10.3. The molecule has 2 amide bonds. The minimum atomic E-state index is -0.522. The summed E-state index contributed by atoms with van der Waals surface area (Å²) < 4.78 is 0.989. The van der Waals surface area contributed by atoms with Gasteiger partial charge >= 0.3 is 0 Å². The summed E-state index contributed by atoms with van der Waals surface area (Å²) in [6.07, 6.45) is 2.98. The number of rotatable bonds is 10. The maximum absolute atomic E-state index is 13.2. The molecule has 174 valence electrons. The summed E-state index contributed by atoms with van der Waals surface area (Å²) in [6.45, 7) is 11.5. The van der Waals surface area contributed by atoms with E-state index in [1.165, 1.54) is 5.56 Å². The van der Waals surface area contributed by atoms with Gasteiger partial charge in [0.2, 0.25) is 11.8 Å². The van der Waals surface area contributed by atoms with Crippen molar-refractivity contribution >= 4 is 27.7 Å². The van der Waals surface area contributed by atoms with E-state index in [1.807, 2.05) is 31.2 Å². The predicted molar refractivity (Wildman–Crippen MR) is 136 cm³/mol. The molecule has 0 saturated carbocycles. The van der Waals surface area contributed by atoms with Crippen molar-refractivity contribution in [1.29, 1.82) is 0 Å². The second-order valence-electron chi connectivity index (χ2n) is 9.42. The maximum atomic E-state index is 13.2. The van der Waals surface area contributed by atoms with Gasteiger partial charge in [0.1, 0.15) is 6.04 Å². The number of unbranched alkanes of at least 4 members (excludes halogenated alkanes) is 1. The maximum Gasteiger partial charge on any atom is 0.242 e. The second kappa shape index (κ2) is 12.2. The highest BCUT2D eigenvalue weighted by atomic mass is 79.9. The van der Waals surface area contributed by atoms with Gasteiger partial charge in [0.25, 0.3) is 0 Å². The highest BCUT2D eigenvalue weighted by Gasteiger charge is 2.25. The van der Waals surface area contributed by atoms with E-state index in [9.17, 15) is 9.59 Å². The number of nitrogens with one attached hydrogen (secondary N) is 1. The molecule has 2 rings (SSSR count). The molecule has 0 aliphatic heterocycles. The predicted octanol–water partition coefficient (Wildman–Crippen LogP) is 6.01. The average molecular weight is 502 g/mol. The number of amides is 2. The van der Waals surface area contributed by atoms with E-state index in [4.69, 9.17) is 0 Å². The molecule has 32 heavy (non-hydrogen) atoms. The Morgan fingerprint density at radius 2 is 1.59 bits per heavy atom. The lowest BCUT2D eigenvalue weighted by molar-refractivity contribution is -0.140. The molecule has 1 N–H and O–H groups in total. The molecular weight excluding hydrogens is 464 g/mol. The van der Waals surface area contributed by atoms with Crippen LogP contribution in [0.2, 0.25) is 0 Å². The number of halogens is 1. The molecule has 0 aromatic heterocycles. The molecule has 0 heterocycles. The smallest absolute Gasteiger partial charge is 0.242 e. The van der Waals surface area contributed by atoms with E-state index in [0.717, 1.165) is 28.4 Å². The van der Waals surface area contributed by atoms with Crippen LogP contribution in [0.4, 0.5) is 0 Å². The highest BCUT2D eigenvalue weighted by molar-refractivity contribution is 9.10. The molecule has 0 fully saturated rings. The number of aryl methyl sites for hydroxylation is 1. The first-order chi connectivity index (χ1) is 15.1. The molecule has 1 atom stereocenters. The lowest BCUT2D eigenvalue weighted by Gasteiger charge is -2.29. The van der Waals surface area contributed by atoms with Crippen LogP contribution in [0, 0.1) is 0 Å². The van der Waals surface area contributed by atoms with Gasteiger partial charge in [-0.1, -0.05) is 86.4 Å². The summed E-state index contributed by atoms with van der Waals surface area (Å²) in [6, 6.07) is 15.9. The SMILES string of the molecule is CCCCNC(=O)[C@H](C)N(Cc1ccc(Br)cc1)C(=O)CCc1ccc(C(C)(C)C)cc1. The summed E-state index contributed by atoms with van der Waals surface area (Å²) >= 11 is 3.45. The Hall–Kier alpha value is -2.14. The van der Waals surface area contributed by atoms with Crippen molar-refractivity contribution in [2.75, 3.05) is 6.54 Å². The Balaban J connectivity index is 2.09. The molecule has 0 spiro atoms. The molecule has 0 radical (unpaired) electrons. The largest absolute Gasteiger partial charge is 0.354 e. The number of hydrogen-bond donors (Lipinski definition) is 1. The van der Waals surface area contributed by atoms with Crippen molar-refractivity contribution in [3.05, 3.63) is 69.7 Å². The molecule has 5 heteroatoms. The first kappa shape index (κ1) is 26.1. The van der Waals surface area contributed by atoms with Crippen molar-refractivity contribution in [3.63, 3.8) is 0 Å². The third kappa shape index (κ3) is 8.09. The van der Waals surface area contributed by atoms with E-state index in [1.54, 1.807) is 4.90 Å². The molecule has 0 saturated heterocycles. The van der Waals surface area contributed by atoms with Gasteiger partial charge in [-0.15, -0.1) is 0 Å². The van der Waals surface area contributed by atoms with E-state index in [-0.39, 0.29) is 17.2 Å². The van der Waals surface area contributed by atoms with Crippen molar-refractivity contribution in [2.45, 2.75) is 78.3 Å². The van der Waals surface area contributed by atoms with E-state index in [0.29, 0.717) is 25.9 Å². The fourth-order valence-corrected chi connectivity index (χ4v) is 3.74. The van der Waals surface area contributed by atoms with Crippen LogP contribution < -0.4 is 5.32 Å². The molecule has 2 aromatic rings. The van der Waals surface area contributed by atoms with Gasteiger partial charge in [0, 0.05) is 24.0 Å². The van der Waals surface area contributed by atoms with Crippen LogP contribution in [-0.4, -0.2) is 29.3 Å². The van der Waals surface area contributed by atoms with E-state index < -0.39 is 6.04 Å². The van der Waals surface area contributed by atoms with Crippen molar-refractivity contribution in [1.82, 2.24) is 10.2 Å². The van der Waals surface area contributed by atoms with Gasteiger partial charge in [-0.25, -0.2) is 0 Å². The molecule has 0 aliphatic carbocycles. The summed E-state index contributed by atoms with van der Waals surface area (Å²) in [4.78, 5) is 27.6. The van der Waals surface area contributed by atoms with Crippen molar-refractivity contribution < 1.29 is 9.59 Å². The fraction of sp³-hybridized carbons (Fsp3) is 0.481. The quantitative estimate of drug-likeness (QED) is 0.405. The topological polar surface area (TPSA) is 49.4 Å². The zero-order valence-corrected chi connectivity index (χ0v) is 21.7. The standard InChI is InChI=1S/C27H37BrN2O2/c1-6-7-18-29-26(32)20(2)30(19-22-10-15-24(28)16-11-22)25(31)17-12-21-8-13-23(14-9-21)27(3,4)5/h8-11,13-16,20H,6-7,12,17-19H2,1-5H3,(H,29,32)/t20-/m0/s1. The number of hydrogen-bond acceptors (Lipinski definition) is 2. The number of carbonyl (C=O) groups is 2. The molecule has 2 aromatic carbocycles. The molecular formula is C27H37BrN2O2. The molecule has 0 aliphatic rings. The Labute approximate surface area is 201 Å². The van der Waals surface area contributed by atoms with Gasteiger partial charge in [-0.2, -0.15) is 0 Å². The summed E-state index contributed by atoms with van der Waals surface area (Å²) in [7, 11) is 0. The third-order valence-corrected chi connectivity index (χ3v) is 6.24. The van der Waals surface area contributed by atoms with Crippen molar-refractivity contribution in [3.8, 4) is 0 Å². The third-order valence-electron chi connectivity index (χ3n) is 5.71. The summed E-state index contributed by atoms with van der Waals surface area (Å²) in [5.74, 6) is -0.107. The first-order valence-corrected chi connectivity index (χ1v) is 12.3. The number of benzene rings is 2. The molecule has 0 unspecified atom stereocenters.